The van der Waals surface area contributed by atoms with Gasteiger partial charge in [-0.15, -0.1) is 0 Å². The molecule has 0 radical (unpaired) electrons. The Bertz CT molecular complexity index is 484. The summed E-state index contributed by atoms with van der Waals surface area (Å²) in [6.07, 6.45) is 7.49. The predicted octanol–water partition coefficient (Wildman–Crippen LogP) is 0.285. The van der Waals surface area contributed by atoms with Crippen LogP contribution in [0.4, 0.5) is 0 Å². The van der Waals surface area contributed by atoms with Gasteiger partial charge in [-0.2, -0.15) is 0 Å². The van der Waals surface area contributed by atoms with E-state index < -0.39 is 11.8 Å². The second kappa shape index (κ2) is 7.96. The van der Waals surface area contributed by atoms with Crippen LogP contribution in [0.25, 0.3) is 0 Å². The summed E-state index contributed by atoms with van der Waals surface area (Å²) >= 11 is 0. The van der Waals surface area contributed by atoms with Crippen LogP contribution in [0.2, 0.25) is 0 Å². The molecule has 0 aromatic carbocycles. The van der Waals surface area contributed by atoms with Gasteiger partial charge in [-0.1, -0.05) is 19.3 Å². The maximum Gasteiger partial charge on any atom is 0.312 e. The third-order valence-electron chi connectivity index (χ3n) is 5.24. The number of piperazine rings is 1. The van der Waals surface area contributed by atoms with Crippen LogP contribution in [0, 0.1) is 0 Å². The zero-order chi connectivity index (χ0) is 16.9. The molecule has 0 aromatic heterocycles. The molecule has 0 bridgehead atoms. The van der Waals surface area contributed by atoms with E-state index in [1.54, 1.807) is 4.90 Å². The molecule has 0 aromatic rings. The molecule has 1 N–H and O–H groups in total. The number of nitrogens with one attached hydrogen (secondary N) is 1. The second-order valence-electron chi connectivity index (χ2n) is 6.96. The van der Waals surface area contributed by atoms with Crippen molar-refractivity contribution in [2.24, 2.45) is 0 Å². The standard InChI is InChI=1S/C17H27N3O4/c21-15(18-11-14-7-4-10-24-14)12-19-8-9-20(17(23)16(19)22)13-5-2-1-3-6-13/h13-14H,1-12H2,(H,18,21). The highest BCUT2D eigenvalue weighted by molar-refractivity contribution is 6.35. The van der Waals surface area contributed by atoms with Gasteiger partial charge in [-0.25, -0.2) is 0 Å². The Labute approximate surface area is 142 Å². The highest BCUT2D eigenvalue weighted by atomic mass is 16.5. The van der Waals surface area contributed by atoms with Crippen LogP contribution in [-0.2, 0) is 19.1 Å². The zero-order valence-electron chi connectivity index (χ0n) is 14.2. The fraction of sp³-hybridized carbons (Fsp3) is 0.824. The molecular weight excluding hydrogens is 310 g/mol. The minimum absolute atomic E-state index is 0.0458. The summed E-state index contributed by atoms with van der Waals surface area (Å²) < 4.78 is 5.46. The molecule has 2 aliphatic heterocycles. The van der Waals surface area contributed by atoms with E-state index >= 15 is 0 Å². The molecule has 3 rings (SSSR count). The molecule has 0 spiro atoms. The summed E-state index contributed by atoms with van der Waals surface area (Å²) in [5.74, 6) is -1.21. The van der Waals surface area contributed by atoms with Crippen LogP contribution in [0.1, 0.15) is 44.9 Å². The van der Waals surface area contributed by atoms with Gasteiger partial charge in [0.25, 0.3) is 0 Å². The Hall–Kier alpha value is -1.63. The normalized spacial score (nSPS) is 26.1. The SMILES string of the molecule is O=C(CN1CCN(C2CCCCC2)C(=O)C1=O)NCC1CCCO1. The van der Waals surface area contributed by atoms with E-state index in [2.05, 4.69) is 5.32 Å². The van der Waals surface area contributed by atoms with Crippen LogP contribution >= 0.6 is 0 Å². The molecule has 2 heterocycles. The Kier molecular flexibility index (Phi) is 5.71. The van der Waals surface area contributed by atoms with E-state index in [0.29, 0.717) is 19.6 Å². The van der Waals surface area contributed by atoms with Crippen molar-refractivity contribution in [3.63, 3.8) is 0 Å². The summed E-state index contributed by atoms with van der Waals surface area (Å²) in [6, 6.07) is 0.200. The minimum atomic E-state index is -0.543. The first kappa shape index (κ1) is 17.2. The van der Waals surface area contributed by atoms with Gasteiger partial charge < -0.3 is 19.9 Å². The first-order valence-corrected chi connectivity index (χ1v) is 9.13. The number of rotatable bonds is 5. The molecule has 1 unspecified atom stereocenters. The summed E-state index contributed by atoms with van der Waals surface area (Å²) in [5.41, 5.74) is 0. The first-order valence-electron chi connectivity index (χ1n) is 9.13. The molecule has 2 saturated heterocycles. The number of hydrogen-bond acceptors (Lipinski definition) is 4. The largest absolute Gasteiger partial charge is 0.376 e. The molecule has 7 heteroatoms. The Morgan fingerprint density at radius 2 is 1.83 bits per heavy atom. The number of carbonyl (C=O) groups is 3. The van der Waals surface area contributed by atoms with Crippen molar-refractivity contribution in [2.45, 2.75) is 57.1 Å². The molecule has 134 valence electrons. The molecule has 1 saturated carbocycles. The molecule has 3 amide bonds. The van der Waals surface area contributed by atoms with Gasteiger partial charge >= 0.3 is 11.8 Å². The number of carbonyl (C=O) groups excluding carboxylic acids is 3. The predicted molar refractivity (Wildman–Crippen MR) is 87.1 cm³/mol. The molecule has 24 heavy (non-hydrogen) atoms. The number of hydrogen-bond donors (Lipinski definition) is 1. The molecule has 1 atom stereocenters. The highest BCUT2D eigenvalue weighted by Gasteiger charge is 2.37. The van der Waals surface area contributed by atoms with E-state index in [1.165, 1.54) is 11.3 Å². The van der Waals surface area contributed by atoms with Crippen molar-refractivity contribution in [3.05, 3.63) is 0 Å². The lowest BCUT2D eigenvalue weighted by atomic mass is 9.93. The fourth-order valence-electron chi connectivity index (χ4n) is 3.84. The van der Waals surface area contributed by atoms with Crippen LogP contribution in [0.3, 0.4) is 0 Å². The smallest absolute Gasteiger partial charge is 0.312 e. The third-order valence-corrected chi connectivity index (χ3v) is 5.24. The lowest BCUT2D eigenvalue weighted by Gasteiger charge is -2.39. The maximum absolute atomic E-state index is 12.4. The minimum Gasteiger partial charge on any atom is -0.376 e. The monoisotopic (exact) mass is 337 g/mol. The maximum atomic E-state index is 12.4. The van der Waals surface area contributed by atoms with E-state index in [-0.39, 0.29) is 24.6 Å². The Balaban J connectivity index is 1.46. The Morgan fingerprint density at radius 1 is 1.04 bits per heavy atom. The van der Waals surface area contributed by atoms with Gasteiger partial charge in [-0.3, -0.25) is 14.4 Å². The van der Waals surface area contributed by atoms with Crippen molar-refractivity contribution in [3.8, 4) is 0 Å². The summed E-state index contributed by atoms with van der Waals surface area (Å²) in [5, 5.41) is 2.80. The zero-order valence-corrected chi connectivity index (χ0v) is 14.2. The summed E-state index contributed by atoms with van der Waals surface area (Å²) in [7, 11) is 0. The van der Waals surface area contributed by atoms with Crippen molar-refractivity contribution < 1.29 is 19.1 Å². The third kappa shape index (κ3) is 4.06. The van der Waals surface area contributed by atoms with Gasteiger partial charge in [0.15, 0.2) is 0 Å². The Morgan fingerprint density at radius 3 is 2.54 bits per heavy atom. The average molecular weight is 337 g/mol. The number of ether oxygens (including phenoxy) is 1. The topological polar surface area (TPSA) is 79.0 Å². The average Bonchev–Trinajstić information content (AvgIpc) is 3.12. The van der Waals surface area contributed by atoms with Gasteiger partial charge in [0.1, 0.15) is 6.54 Å². The van der Waals surface area contributed by atoms with E-state index in [4.69, 9.17) is 4.74 Å². The second-order valence-corrected chi connectivity index (χ2v) is 6.96. The van der Waals surface area contributed by atoms with Crippen molar-refractivity contribution in [2.75, 3.05) is 32.8 Å². The van der Waals surface area contributed by atoms with E-state index in [9.17, 15) is 14.4 Å². The van der Waals surface area contributed by atoms with Crippen molar-refractivity contribution >= 4 is 17.7 Å². The first-order chi connectivity index (χ1) is 11.6. The fourth-order valence-corrected chi connectivity index (χ4v) is 3.84. The lowest BCUT2D eigenvalue weighted by Crippen LogP contribution is -2.59. The number of amides is 3. The quantitative estimate of drug-likeness (QED) is 0.731. The summed E-state index contributed by atoms with van der Waals surface area (Å²) in [4.78, 5) is 39.8. The van der Waals surface area contributed by atoms with Crippen LogP contribution in [0.5, 0.6) is 0 Å². The molecule has 3 fully saturated rings. The van der Waals surface area contributed by atoms with Gasteiger partial charge in [0, 0.05) is 32.3 Å². The van der Waals surface area contributed by atoms with E-state index in [0.717, 1.165) is 45.1 Å². The van der Waals surface area contributed by atoms with Crippen molar-refractivity contribution in [1.29, 1.82) is 0 Å². The van der Waals surface area contributed by atoms with Gasteiger partial charge in [0.2, 0.25) is 5.91 Å². The van der Waals surface area contributed by atoms with Crippen molar-refractivity contribution in [1.82, 2.24) is 15.1 Å². The van der Waals surface area contributed by atoms with Gasteiger partial charge in [0.05, 0.1) is 6.10 Å². The summed E-state index contributed by atoms with van der Waals surface area (Å²) in [6.45, 7) is 2.15. The van der Waals surface area contributed by atoms with Gasteiger partial charge in [-0.05, 0) is 25.7 Å². The lowest BCUT2D eigenvalue weighted by molar-refractivity contribution is -0.159. The molecular formula is C17H27N3O4. The van der Waals surface area contributed by atoms with E-state index in [1.807, 2.05) is 0 Å². The molecule has 7 nitrogen and oxygen atoms in total. The van der Waals surface area contributed by atoms with Crippen LogP contribution in [-0.4, -0.2) is 72.5 Å². The molecule has 1 aliphatic carbocycles. The molecule has 3 aliphatic rings. The number of nitrogens with zero attached hydrogens (tertiary/aromatic N) is 2. The van der Waals surface area contributed by atoms with Crippen LogP contribution in [0.15, 0.2) is 0 Å². The van der Waals surface area contributed by atoms with Crippen LogP contribution < -0.4 is 5.32 Å². The highest BCUT2D eigenvalue weighted by Crippen LogP contribution is 2.24.